The molecule has 24 heavy (non-hydrogen) atoms. The summed E-state index contributed by atoms with van der Waals surface area (Å²) in [7, 11) is -3.70. The number of amides is 1. The largest absolute Gasteiger partial charge is 0.416 e. The van der Waals surface area contributed by atoms with E-state index in [9.17, 15) is 26.4 Å². The van der Waals surface area contributed by atoms with E-state index in [-0.39, 0.29) is 23.8 Å². The molecule has 0 radical (unpaired) electrons. The molecule has 1 aromatic rings. The van der Waals surface area contributed by atoms with Crippen LogP contribution in [0.4, 0.5) is 24.5 Å². The summed E-state index contributed by atoms with van der Waals surface area (Å²) >= 11 is 0. The third-order valence-electron chi connectivity index (χ3n) is 3.51. The van der Waals surface area contributed by atoms with Crippen LogP contribution < -0.4 is 15.4 Å². The molecule has 1 atom stereocenters. The zero-order chi connectivity index (χ0) is 18.0. The molecular weight excluding hydrogens is 347 g/mol. The fourth-order valence-corrected chi connectivity index (χ4v) is 3.05. The summed E-state index contributed by atoms with van der Waals surface area (Å²) in [5, 5.41) is 5.48. The van der Waals surface area contributed by atoms with Crippen molar-refractivity contribution in [2.24, 2.45) is 0 Å². The van der Waals surface area contributed by atoms with Crippen LogP contribution in [-0.2, 0) is 21.0 Å². The molecule has 134 valence electrons. The maximum Gasteiger partial charge on any atom is 0.416 e. The monoisotopic (exact) mass is 365 g/mol. The van der Waals surface area contributed by atoms with Crippen molar-refractivity contribution in [3.8, 4) is 0 Å². The summed E-state index contributed by atoms with van der Waals surface area (Å²) in [4.78, 5) is 12.0. The van der Waals surface area contributed by atoms with Crippen LogP contribution in [0.1, 0.15) is 24.8 Å². The molecule has 10 heteroatoms. The fraction of sp³-hybridized carbons (Fsp3) is 0.500. The van der Waals surface area contributed by atoms with Crippen molar-refractivity contribution in [3.63, 3.8) is 0 Å². The fourth-order valence-electron chi connectivity index (χ4n) is 2.47. The normalized spacial score (nSPS) is 18.4. The lowest BCUT2D eigenvalue weighted by atomic mass is 10.1. The van der Waals surface area contributed by atoms with Gasteiger partial charge in [0.1, 0.15) is 0 Å². The smallest absolute Gasteiger partial charge is 0.324 e. The zero-order valence-corrected chi connectivity index (χ0v) is 13.7. The highest BCUT2D eigenvalue weighted by Crippen LogP contribution is 2.34. The number of rotatable bonds is 5. The van der Waals surface area contributed by atoms with Crippen LogP contribution in [0.2, 0.25) is 0 Å². The maximum absolute atomic E-state index is 12.8. The predicted molar refractivity (Wildman–Crippen MR) is 84.2 cm³/mol. The molecule has 1 unspecified atom stereocenters. The Morgan fingerprint density at radius 2 is 2.04 bits per heavy atom. The minimum Gasteiger partial charge on any atom is -0.324 e. The zero-order valence-electron chi connectivity index (χ0n) is 12.9. The van der Waals surface area contributed by atoms with E-state index in [4.69, 9.17) is 0 Å². The molecule has 1 amide bonds. The molecule has 0 aromatic heterocycles. The molecular formula is C14H18F3N3O3S. The maximum atomic E-state index is 12.8. The summed E-state index contributed by atoms with van der Waals surface area (Å²) in [6, 6.07) is 2.42. The van der Waals surface area contributed by atoms with Gasteiger partial charge in [0.25, 0.3) is 0 Å². The standard InChI is InChI=1S/C14H18F3N3O3S/c1-24(22,23)20-11-5-4-9(14(15,16)17)7-12(11)19-13(21)8-10-3-2-6-18-10/h4-5,7,10,18,20H,2-3,6,8H2,1H3,(H,19,21). The lowest BCUT2D eigenvalue weighted by Gasteiger charge is -2.16. The van der Waals surface area contributed by atoms with Gasteiger partial charge < -0.3 is 10.6 Å². The Labute approximate surface area is 137 Å². The van der Waals surface area contributed by atoms with Gasteiger partial charge in [0.05, 0.1) is 23.2 Å². The van der Waals surface area contributed by atoms with Gasteiger partial charge >= 0.3 is 6.18 Å². The predicted octanol–water partition coefficient (Wildman–Crippen LogP) is 2.16. The Morgan fingerprint density at radius 1 is 1.33 bits per heavy atom. The van der Waals surface area contributed by atoms with E-state index in [1.165, 1.54) is 0 Å². The van der Waals surface area contributed by atoms with Crippen LogP contribution >= 0.6 is 0 Å². The topological polar surface area (TPSA) is 87.3 Å². The summed E-state index contributed by atoms with van der Waals surface area (Å²) < 4.78 is 63.3. The second-order valence-electron chi connectivity index (χ2n) is 5.68. The second kappa shape index (κ2) is 6.98. The highest BCUT2D eigenvalue weighted by atomic mass is 32.2. The number of anilines is 2. The Morgan fingerprint density at radius 3 is 2.58 bits per heavy atom. The molecule has 0 saturated carbocycles. The molecule has 1 aromatic carbocycles. The van der Waals surface area contributed by atoms with Crippen molar-refractivity contribution in [3.05, 3.63) is 23.8 Å². The van der Waals surface area contributed by atoms with Crippen LogP contribution in [-0.4, -0.2) is 33.2 Å². The number of sulfonamides is 1. The number of hydrogen-bond donors (Lipinski definition) is 3. The van der Waals surface area contributed by atoms with Crippen molar-refractivity contribution in [2.45, 2.75) is 31.5 Å². The lowest BCUT2D eigenvalue weighted by Crippen LogP contribution is -2.28. The Balaban J connectivity index is 2.23. The number of carbonyl (C=O) groups excluding carboxylic acids is 1. The Bertz CT molecular complexity index is 714. The minimum absolute atomic E-state index is 0.0258. The second-order valence-corrected chi connectivity index (χ2v) is 7.43. The number of alkyl halides is 3. The number of benzene rings is 1. The lowest BCUT2D eigenvalue weighted by molar-refractivity contribution is -0.137. The SMILES string of the molecule is CS(=O)(=O)Nc1ccc(C(F)(F)F)cc1NC(=O)CC1CCCN1. The first-order valence-corrected chi connectivity index (χ1v) is 9.16. The molecule has 1 fully saturated rings. The summed E-state index contributed by atoms with van der Waals surface area (Å²) in [5.74, 6) is -0.481. The number of carbonyl (C=O) groups is 1. The van der Waals surface area contributed by atoms with Gasteiger partial charge in [0.2, 0.25) is 15.9 Å². The van der Waals surface area contributed by atoms with Crippen LogP contribution in [0.15, 0.2) is 18.2 Å². The van der Waals surface area contributed by atoms with Gasteiger partial charge in [-0.3, -0.25) is 9.52 Å². The van der Waals surface area contributed by atoms with Crippen molar-refractivity contribution >= 4 is 27.3 Å². The quantitative estimate of drug-likeness (QED) is 0.746. The molecule has 1 aliphatic heterocycles. The molecule has 0 aliphatic carbocycles. The molecule has 1 saturated heterocycles. The Kier molecular flexibility index (Phi) is 5.38. The van der Waals surface area contributed by atoms with Gasteiger partial charge in [0.15, 0.2) is 0 Å². The van der Waals surface area contributed by atoms with Crippen LogP contribution in [0.5, 0.6) is 0 Å². The molecule has 0 bridgehead atoms. The van der Waals surface area contributed by atoms with Crippen molar-refractivity contribution in [1.82, 2.24) is 5.32 Å². The molecule has 3 N–H and O–H groups in total. The average Bonchev–Trinajstić information content (AvgIpc) is 2.90. The first-order chi connectivity index (χ1) is 11.0. The van der Waals surface area contributed by atoms with Crippen LogP contribution in [0.25, 0.3) is 0 Å². The van der Waals surface area contributed by atoms with E-state index in [1.54, 1.807) is 0 Å². The van der Waals surface area contributed by atoms with Gasteiger partial charge in [-0.2, -0.15) is 13.2 Å². The Hall–Kier alpha value is -1.81. The first-order valence-electron chi connectivity index (χ1n) is 7.27. The summed E-state index contributed by atoms with van der Waals surface area (Å²) in [5.41, 5.74) is -1.31. The number of hydrogen-bond acceptors (Lipinski definition) is 4. The highest BCUT2D eigenvalue weighted by molar-refractivity contribution is 7.92. The van der Waals surface area contributed by atoms with E-state index >= 15 is 0 Å². The third kappa shape index (κ3) is 5.38. The average molecular weight is 365 g/mol. The van der Waals surface area contributed by atoms with E-state index in [0.717, 1.165) is 37.8 Å². The van der Waals surface area contributed by atoms with Gasteiger partial charge in [-0.15, -0.1) is 0 Å². The first kappa shape index (κ1) is 18.5. The van der Waals surface area contributed by atoms with Crippen molar-refractivity contribution in [1.29, 1.82) is 0 Å². The summed E-state index contributed by atoms with van der Waals surface area (Å²) in [6.45, 7) is 0.794. The van der Waals surface area contributed by atoms with Crippen LogP contribution in [0.3, 0.4) is 0 Å². The number of nitrogens with one attached hydrogen (secondary N) is 3. The third-order valence-corrected chi connectivity index (χ3v) is 4.10. The molecule has 0 spiro atoms. The van der Waals surface area contributed by atoms with Gasteiger partial charge in [-0.1, -0.05) is 0 Å². The summed E-state index contributed by atoms with van der Waals surface area (Å²) in [6.07, 6.45) is -1.88. The number of halogens is 3. The van der Waals surface area contributed by atoms with E-state index in [0.29, 0.717) is 6.07 Å². The van der Waals surface area contributed by atoms with Gasteiger partial charge in [-0.05, 0) is 37.6 Å². The highest BCUT2D eigenvalue weighted by Gasteiger charge is 2.31. The van der Waals surface area contributed by atoms with Crippen molar-refractivity contribution < 1.29 is 26.4 Å². The molecule has 2 rings (SSSR count). The molecule has 1 heterocycles. The van der Waals surface area contributed by atoms with E-state index < -0.39 is 27.7 Å². The minimum atomic E-state index is -4.60. The van der Waals surface area contributed by atoms with E-state index in [1.807, 2.05) is 0 Å². The molecule has 6 nitrogen and oxygen atoms in total. The van der Waals surface area contributed by atoms with Crippen LogP contribution in [0, 0.1) is 0 Å². The van der Waals surface area contributed by atoms with Gasteiger partial charge in [0, 0.05) is 12.5 Å². The van der Waals surface area contributed by atoms with Gasteiger partial charge in [-0.25, -0.2) is 8.42 Å². The van der Waals surface area contributed by atoms with E-state index in [2.05, 4.69) is 15.4 Å². The van der Waals surface area contributed by atoms with Crippen molar-refractivity contribution in [2.75, 3.05) is 22.8 Å². The molecule has 1 aliphatic rings.